The van der Waals surface area contributed by atoms with Crippen LogP contribution in [0.2, 0.25) is 10.0 Å². The Labute approximate surface area is 182 Å². The van der Waals surface area contributed by atoms with E-state index in [0.717, 1.165) is 12.0 Å². The van der Waals surface area contributed by atoms with Gasteiger partial charge in [0.2, 0.25) is 5.91 Å². The third kappa shape index (κ3) is 6.76. The molecule has 2 rings (SSSR count). The molecule has 1 fully saturated rings. The molecule has 0 aromatic heterocycles. The second-order valence-corrected chi connectivity index (χ2v) is 9.44. The summed E-state index contributed by atoms with van der Waals surface area (Å²) in [6, 6.07) is 5.39. The molecule has 1 heterocycles. The van der Waals surface area contributed by atoms with Crippen molar-refractivity contribution >= 4 is 35.2 Å². The first-order valence-corrected chi connectivity index (χ1v) is 10.6. The Balaban J connectivity index is 2.34. The second-order valence-electron chi connectivity index (χ2n) is 8.62. The topological polar surface area (TPSA) is 78.9 Å². The fourth-order valence-corrected chi connectivity index (χ4v) is 3.82. The molecule has 0 bridgehead atoms. The lowest BCUT2D eigenvalue weighted by Gasteiger charge is -2.34. The van der Waals surface area contributed by atoms with Gasteiger partial charge in [0.1, 0.15) is 0 Å². The lowest BCUT2D eigenvalue weighted by Crippen LogP contribution is -2.42. The average molecular weight is 445 g/mol. The fraction of sp³-hybridized carbons (Fsp3) is 0.619. The Kier molecular flexibility index (Phi) is 8.20. The van der Waals surface area contributed by atoms with Gasteiger partial charge in [-0.15, -0.1) is 0 Å². The van der Waals surface area contributed by atoms with Crippen LogP contribution in [0.15, 0.2) is 18.2 Å². The summed E-state index contributed by atoms with van der Waals surface area (Å²) in [6.07, 6.45) is -0.0180. The van der Waals surface area contributed by atoms with E-state index in [1.165, 1.54) is 11.8 Å². The third-order valence-electron chi connectivity index (χ3n) is 5.24. The molecule has 6 nitrogen and oxygen atoms in total. The van der Waals surface area contributed by atoms with Crippen molar-refractivity contribution in [2.24, 2.45) is 5.41 Å². The normalized spacial score (nSPS) is 22.8. The van der Waals surface area contributed by atoms with Crippen molar-refractivity contribution in [2.45, 2.75) is 58.7 Å². The van der Waals surface area contributed by atoms with Crippen LogP contribution < -0.4 is 5.32 Å². The van der Waals surface area contributed by atoms with E-state index < -0.39 is 6.09 Å². The summed E-state index contributed by atoms with van der Waals surface area (Å²) in [5.74, 6) is -0.261. The highest BCUT2D eigenvalue weighted by Gasteiger charge is 2.39. The molecule has 162 valence electrons. The predicted octanol–water partition coefficient (Wildman–Crippen LogP) is 4.79. The van der Waals surface area contributed by atoms with Crippen LogP contribution in [-0.2, 0) is 9.53 Å². The summed E-state index contributed by atoms with van der Waals surface area (Å²) in [5.41, 5.74) is 0.667. The van der Waals surface area contributed by atoms with Crippen molar-refractivity contribution in [3.8, 4) is 0 Å². The van der Waals surface area contributed by atoms with Gasteiger partial charge in [-0.25, -0.2) is 4.79 Å². The zero-order valence-electron chi connectivity index (χ0n) is 17.4. The first kappa shape index (κ1) is 23.8. The number of ether oxygens (including phenoxy) is 1. The van der Waals surface area contributed by atoms with Gasteiger partial charge in [-0.1, -0.05) is 50.0 Å². The fourth-order valence-electron chi connectivity index (χ4n) is 3.51. The van der Waals surface area contributed by atoms with E-state index >= 15 is 0 Å². The third-order valence-corrected chi connectivity index (χ3v) is 5.98. The molecule has 1 aromatic carbocycles. The van der Waals surface area contributed by atoms with Crippen molar-refractivity contribution < 1.29 is 19.4 Å². The number of hydrogen-bond acceptors (Lipinski definition) is 3. The number of nitrogens with zero attached hydrogens (tertiary/aromatic N) is 1. The molecule has 1 aromatic rings. The van der Waals surface area contributed by atoms with E-state index in [-0.39, 0.29) is 29.4 Å². The number of halogens is 2. The highest BCUT2D eigenvalue weighted by atomic mass is 35.5. The van der Waals surface area contributed by atoms with Gasteiger partial charge in [0.05, 0.1) is 28.8 Å². The van der Waals surface area contributed by atoms with Crippen LogP contribution in [0.5, 0.6) is 0 Å². The minimum Gasteiger partial charge on any atom is -0.465 e. The maximum absolute atomic E-state index is 11.9. The summed E-state index contributed by atoms with van der Waals surface area (Å²) in [5, 5.41) is 13.4. The molecule has 8 heteroatoms. The molecule has 2 amide bonds. The van der Waals surface area contributed by atoms with Gasteiger partial charge in [-0.05, 0) is 36.0 Å². The largest absolute Gasteiger partial charge is 0.465 e. The summed E-state index contributed by atoms with van der Waals surface area (Å²) >= 11 is 12.3. The van der Waals surface area contributed by atoms with Gasteiger partial charge in [-0.2, -0.15) is 0 Å². The highest BCUT2D eigenvalue weighted by Crippen LogP contribution is 2.36. The van der Waals surface area contributed by atoms with Gasteiger partial charge >= 0.3 is 6.09 Å². The van der Waals surface area contributed by atoms with Gasteiger partial charge in [-0.3, -0.25) is 4.79 Å². The molecular formula is C21H30Cl2N2O4. The van der Waals surface area contributed by atoms with Gasteiger partial charge < -0.3 is 20.1 Å². The standard InChI is InChI=1S/C21H30Cl2N2O4/c1-13(26)24-9-5-6-18-15(14-7-8-16(22)17(23)10-14)11-25(20(27)28)12-19(29-18)21(2,3)4/h7-8,10,15,18-19H,5-6,9,11-12H2,1-4H3,(H,24,26)(H,27,28). The number of benzene rings is 1. The number of carbonyl (C=O) groups excluding carboxylic acids is 1. The van der Waals surface area contributed by atoms with Crippen LogP contribution in [0.3, 0.4) is 0 Å². The Morgan fingerprint density at radius 3 is 2.48 bits per heavy atom. The molecule has 0 spiro atoms. The minimum atomic E-state index is -0.966. The highest BCUT2D eigenvalue weighted by molar-refractivity contribution is 6.42. The van der Waals surface area contributed by atoms with Crippen molar-refractivity contribution in [1.82, 2.24) is 10.2 Å². The van der Waals surface area contributed by atoms with Crippen LogP contribution in [0.4, 0.5) is 4.79 Å². The quantitative estimate of drug-likeness (QED) is 0.639. The molecule has 0 saturated carbocycles. The van der Waals surface area contributed by atoms with Crippen LogP contribution >= 0.6 is 23.2 Å². The van der Waals surface area contributed by atoms with Gasteiger partial charge in [0.15, 0.2) is 0 Å². The summed E-state index contributed by atoms with van der Waals surface area (Å²) in [7, 11) is 0. The summed E-state index contributed by atoms with van der Waals surface area (Å²) in [4.78, 5) is 24.5. The molecule has 1 aliphatic heterocycles. The Morgan fingerprint density at radius 1 is 1.24 bits per heavy atom. The lowest BCUT2D eigenvalue weighted by atomic mass is 9.88. The van der Waals surface area contributed by atoms with E-state index in [0.29, 0.717) is 36.1 Å². The van der Waals surface area contributed by atoms with Crippen LogP contribution in [-0.4, -0.2) is 53.8 Å². The van der Waals surface area contributed by atoms with Crippen LogP contribution in [0, 0.1) is 5.41 Å². The Hall–Kier alpha value is -1.50. The minimum absolute atomic E-state index is 0.0718. The van der Waals surface area contributed by atoms with E-state index in [2.05, 4.69) is 5.32 Å². The summed E-state index contributed by atoms with van der Waals surface area (Å²) < 4.78 is 6.51. The van der Waals surface area contributed by atoms with Crippen LogP contribution in [0.25, 0.3) is 0 Å². The number of carboxylic acid groups (broad SMARTS) is 1. The Bertz CT molecular complexity index is 736. The molecule has 0 aliphatic carbocycles. The predicted molar refractivity (Wildman–Crippen MR) is 115 cm³/mol. The van der Waals surface area contributed by atoms with E-state index in [4.69, 9.17) is 27.9 Å². The van der Waals surface area contributed by atoms with E-state index in [1.807, 2.05) is 26.8 Å². The number of nitrogens with one attached hydrogen (secondary N) is 1. The average Bonchev–Trinajstić information content (AvgIpc) is 2.81. The van der Waals surface area contributed by atoms with Crippen molar-refractivity contribution in [3.63, 3.8) is 0 Å². The second kappa shape index (κ2) is 10.0. The number of amides is 2. The maximum atomic E-state index is 11.9. The monoisotopic (exact) mass is 444 g/mol. The summed E-state index contributed by atoms with van der Waals surface area (Å²) in [6.45, 7) is 8.79. The lowest BCUT2D eigenvalue weighted by molar-refractivity contribution is -0.119. The SMILES string of the molecule is CC(=O)NCCCC1OC(C(C)(C)C)CN(C(=O)O)CC1c1ccc(Cl)c(Cl)c1. The molecule has 3 unspecified atom stereocenters. The van der Waals surface area contributed by atoms with Gasteiger partial charge in [0.25, 0.3) is 0 Å². The molecule has 1 aliphatic rings. The van der Waals surface area contributed by atoms with Crippen LogP contribution in [0.1, 0.15) is 52.0 Å². The maximum Gasteiger partial charge on any atom is 0.407 e. The van der Waals surface area contributed by atoms with Crippen molar-refractivity contribution in [3.05, 3.63) is 33.8 Å². The number of carbonyl (C=O) groups is 2. The molecule has 2 N–H and O–H groups in total. The smallest absolute Gasteiger partial charge is 0.407 e. The molecule has 1 saturated heterocycles. The Morgan fingerprint density at radius 2 is 1.93 bits per heavy atom. The number of hydrogen-bond donors (Lipinski definition) is 2. The molecule has 3 atom stereocenters. The zero-order valence-corrected chi connectivity index (χ0v) is 18.9. The van der Waals surface area contributed by atoms with E-state index in [1.54, 1.807) is 12.1 Å². The van der Waals surface area contributed by atoms with E-state index in [9.17, 15) is 14.7 Å². The van der Waals surface area contributed by atoms with Crippen molar-refractivity contribution in [1.29, 1.82) is 0 Å². The molecule has 29 heavy (non-hydrogen) atoms. The zero-order chi connectivity index (χ0) is 21.8. The van der Waals surface area contributed by atoms with Gasteiger partial charge in [0, 0.05) is 25.9 Å². The number of rotatable bonds is 5. The van der Waals surface area contributed by atoms with Crippen molar-refractivity contribution in [2.75, 3.05) is 19.6 Å². The molecular weight excluding hydrogens is 415 g/mol. The molecule has 0 radical (unpaired) electrons. The first-order chi connectivity index (χ1) is 13.5. The first-order valence-electron chi connectivity index (χ1n) is 9.81.